The molecule has 1 N–H and O–H groups in total. The van der Waals surface area contributed by atoms with Crippen molar-refractivity contribution >= 4 is 11.9 Å². The molecule has 42 heavy (non-hydrogen) atoms. The molecule has 0 bridgehead atoms. The van der Waals surface area contributed by atoms with Crippen LogP contribution in [0.2, 0.25) is 0 Å². The van der Waals surface area contributed by atoms with E-state index in [0.29, 0.717) is 52.4 Å². The number of carbonyl (C=O) groups excluding carboxylic acids is 1. The summed E-state index contributed by atoms with van der Waals surface area (Å²) >= 11 is 0. The summed E-state index contributed by atoms with van der Waals surface area (Å²) in [6.07, 6.45) is 15.0. The second-order valence-corrected chi connectivity index (χ2v) is 16.4. The topological polar surface area (TPSA) is 93.0 Å². The van der Waals surface area contributed by atoms with Gasteiger partial charge in [-0.3, -0.25) is 9.59 Å². The number of carboxylic acids is 1. The number of rotatable bonds is 9. The number of aliphatic carboxylic acids is 1. The summed E-state index contributed by atoms with van der Waals surface area (Å²) in [5.41, 5.74) is 1.60. The highest BCUT2D eigenvalue weighted by Gasteiger charge is 2.68. The highest BCUT2D eigenvalue weighted by atomic mass is 16.5. The normalized spacial score (nSPS) is 40.4. The van der Waals surface area contributed by atoms with E-state index in [1.54, 1.807) is 0 Å². The molecule has 0 aromatic heterocycles. The number of carboxylic acid groups (broad SMARTS) is 1. The molecule has 4 fully saturated rings. The van der Waals surface area contributed by atoms with Gasteiger partial charge < -0.3 is 9.84 Å². The van der Waals surface area contributed by atoms with Crippen molar-refractivity contribution in [2.75, 3.05) is 13.7 Å². The zero-order valence-corrected chi connectivity index (χ0v) is 28.5. The van der Waals surface area contributed by atoms with E-state index in [4.69, 9.17) is 14.8 Å². The van der Waals surface area contributed by atoms with E-state index < -0.39 is 5.97 Å². The number of fused-ring (bicyclic) bond motifs is 5. The lowest BCUT2D eigenvalue weighted by atomic mass is 9.32. The van der Waals surface area contributed by atoms with Crippen LogP contribution in [0.4, 0.5) is 0 Å². The minimum atomic E-state index is -0.848. The molecular weight excluding hydrogens is 526 g/mol. The number of esters is 1. The van der Waals surface area contributed by atoms with Gasteiger partial charge in [0.25, 0.3) is 0 Å². The van der Waals surface area contributed by atoms with Gasteiger partial charge in [0.15, 0.2) is 0 Å². The average molecular weight is 590 g/mol. The monoisotopic (exact) mass is 589 g/mol. The maximum Gasteiger partial charge on any atom is 0.305 e. The van der Waals surface area contributed by atoms with E-state index >= 15 is 0 Å². The summed E-state index contributed by atoms with van der Waals surface area (Å²) in [5.74, 6) is 2.46. The summed E-state index contributed by atoms with van der Waals surface area (Å²) < 4.78 is 5.96. The third-order valence-corrected chi connectivity index (χ3v) is 14.0. The van der Waals surface area contributed by atoms with E-state index in [9.17, 15) is 9.59 Å². The Labute approximate surface area is 256 Å². The maximum absolute atomic E-state index is 12.6. The van der Waals surface area contributed by atoms with E-state index in [1.807, 2.05) is 0 Å². The van der Waals surface area contributed by atoms with Gasteiger partial charge >= 0.3 is 11.9 Å². The van der Waals surface area contributed by atoms with Crippen molar-refractivity contribution in [1.29, 1.82) is 0 Å². The molecule has 0 saturated heterocycles. The lowest BCUT2D eigenvalue weighted by Crippen LogP contribution is -2.66. The zero-order chi connectivity index (χ0) is 31.6. The van der Waals surface area contributed by atoms with Crippen molar-refractivity contribution in [3.63, 3.8) is 0 Å². The van der Waals surface area contributed by atoms with Crippen LogP contribution in [0.1, 0.15) is 145 Å². The Balaban J connectivity index is 0.00000155. The third kappa shape index (κ3) is 6.21. The Morgan fingerprint density at radius 2 is 1.50 bits per heavy atom. The van der Waals surface area contributed by atoms with Crippen molar-refractivity contribution < 1.29 is 19.4 Å². The van der Waals surface area contributed by atoms with Crippen LogP contribution in [0.5, 0.6) is 0 Å². The molecule has 6 nitrogen and oxygen atoms in total. The summed E-state index contributed by atoms with van der Waals surface area (Å²) in [7, 11) is 1.19. The molecule has 4 rings (SSSR count). The van der Waals surface area contributed by atoms with Gasteiger partial charge in [0.05, 0.1) is 13.7 Å². The largest absolute Gasteiger partial charge is 0.481 e. The Morgan fingerprint density at radius 3 is 2.10 bits per heavy atom. The summed E-state index contributed by atoms with van der Waals surface area (Å²) in [4.78, 5) is 32.1. The molecule has 4 saturated carbocycles. The van der Waals surface area contributed by atoms with E-state index in [2.05, 4.69) is 60.6 Å². The molecule has 6 heteroatoms. The highest BCUT2D eigenvalue weighted by Crippen LogP contribution is 2.76. The number of nitrogens with zero attached hydrogens (tertiary/aromatic N) is 1. The summed E-state index contributed by atoms with van der Waals surface area (Å²) in [6.45, 7) is 20.8. The van der Waals surface area contributed by atoms with Crippen molar-refractivity contribution in [2.45, 2.75) is 145 Å². The molecule has 0 aliphatic heterocycles. The van der Waals surface area contributed by atoms with Crippen molar-refractivity contribution in [1.82, 2.24) is 0 Å². The second kappa shape index (κ2) is 13.3. The van der Waals surface area contributed by atoms with Crippen LogP contribution in [0.3, 0.4) is 0 Å². The maximum atomic E-state index is 12.6. The molecule has 242 valence electrons. The van der Waals surface area contributed by atoms with Crippen LogP contribution in [0, 0.1) is 61.6 Å². The number of ether oxygens (including phenoxy) is 1. The SMILES string of the molecule is CCC(CC)C1C2CCC3C4(C)CCCC(C)(C)C4CCC3(C)C2(C)CCC1(C)COC(=O)CCCC(=O)O.CN=O. The van der Waals surface area contributed by atoms with Crippen molar-refractivity contribution in [3.05, 3.63) is 4.91 Å². The third-order valence-electron chi connectivity index (χ3n) is 14.0. The van der Waals surface area contributed by atoms with Gasteiger partial charge in [-0.15, -0.1) is 0 Å². The Kier molecular flexibility index (Phi) is 11.1. The van der Waals surface area contributed by atoms with Crippen LogP contribution in [0.25, 0.3) is 0 Å². The fourth-order valence-corrected chi connectivity index (χ4v) is 11.9. The van der Waals surface area contributed by atoms with Gasteiger partial charge in [-0.05, 0) is 109 Å². The van der Waals surface area contributed by atoms with Gasteiger partial charge in [-0.2, -0.15) is 4.91 Å². The molecule has 8 atom stereocenters. The molecule has 0 heterocycles. The summed E-state index contributed by atoms with van der Waals surface area (Å²) in [6, 6.07) is 0. The molecule has 0 aromatic rings. The molecule has 0 radical (unpaired) electrons. The first kappa shape index (κ1) is 35.0. The predicted octanol–water partition coefficient (Wildman–Crippen LogP) is 9.68. The van der Waals surface area contributed by atoms with Gasteiger partial charge in [0.1, 0.15) is 0 Å². The van der Waals surface area contributed by atoms with Crippen molar-refractivity contribution in [3.8, 4) is 0 Å². The quantitative estimate of drug-likeness (QED) is 0.213. The lowest BCUT2D eigenvalue weighted by molar-refractivity contribution is -0.245. The second-order valence-electron chi connectivity index (χ2n) is 16.4. The Morgan fingerprint density at radius 1 is 0.857 bits per heavy atom. The van der Waals surface area contributed by atoms with Crippen LogP contribution >= 0.6 is 0 Å². The Bertz CT molecular complexity index is 960. The lowest BCUT2D eigenvalue weighted by Gasteiger charge is -2.73. The Hall–Kier alpha value is -1.46. The molecule has 4 aliphatic carbocycles. The number of carbonyl (C=O) groups is 2. The number of nitroso groups, excluding NO2 is 1. The molecule has 8 unspecified atom stereocenters. The van der Waals surface area contributed by atoms with Crippen LogP contribution in [-0.4, -0.2) is 30.7 Å². The first-order valence-electron chi connectivity index (χ1n) is 17.2. The zero-order valence-electron chi connectivity index (χ0n) is 28.5. The fourth-order valence-electron chi connectivity index (χ4n) is 11.9. The minimum Gasteiger partial charge on any atom is -0.481 e. The van der Waals surface area contributed by atoms with E-state index in [0.717, 1.165) is 18.3 Å². The number of hydrogen-bond donors (Lipinski definition) is 1. The number of hydrogen-bond acceptors (Lipinski definition) is 5. The van der Waals surface area contributed by atoms with Crippen LogP contribution in [-0.2, 0) is 14.3 Å². The molecule has 0 amide bonds. The first-order valence-corrected chi connectivity index (χ1v) is 17.2. The van der Waals surface area contributed by atoms with Crippen molar-refractivity contribution in [2.24, 2.45) is 61.8 Å². The molecule has 0 aromatic carbocycles. The standard InChI is InChI=1S/C35H60O4.CH3NO/c1-9-24(10-2)30-25-15-16-27-33(6)19-12-18-31(3,4)26(33)17-20-35(27,8)34(25,7)22-21-32(30,5)23-39-29(38)14-11-13-28(36)37;1-2-3/h24-27,30H,9-23H2,1-8H3,(H,36,37);1H3. The minimum absolute atomic E-state index is 0.0134. The molecular formula is C36H63NO5. The smallest absolute Gasteiger partial charge is 0.305 e. The van der Waals surface area contributed by atoms with Crippen LogP contribution < -0.4 is 0 Å². The van der Waals surface area contributed by atoms with Gasteiger partial charge in [-0.25, -0.2) is 0 Å². The van der Waals surface area contributed by atoms with Crippen LogP contribution in [0.15, 0.2) is 5.18 Å². The first-order chi connectivity index (χ1) is 19.6. The van der Waals surface area contributed by atoms with Gasteiger partial charge in [0, 0.05) is 18.3 Å². The molecule has 0 spiro atoms. The van der Waals surface area contributed by atoms with E-state index in [1.165, 1.54) is 71.3 Å². The fraction of sp³-hybridized carbons (Fsp3) is 0.944. The summed E-state index contributed by atoms with van der Waals surface area (Å²) in [5, 5.41) is 11.2. The van der Waals surface area contributed by atoms with Gasteiger partial charge in [0.2, 0.25) is 0 Å². The van der Waals surface area contributed by atoms with Gasteiger partial charge in [-0.1, -0.05) is 79.8 Å². The molecule has 4 aliphatic rings. The average Bonchev–Trinajstić information content (AvgIpc) is 2.90. The predicted molar refractivity (Wildman–Crippen MR) is 170 cm³/mol. The highest BCUT2D eigenvalue weighted by molar-refractivity contribution is 5.71. The van der Waals surface area contributed by atoms with E-state index in [-0.39, 0.29) is 24.2 Å².